The van der Waals surface area contributed by atoms with Crippen molar-refractivity contribution < 1.29 is 15.0 Å². The Hall–Kier alpha value is -1.62. The maximum atomic E-state index is 10.5. The Morgan fingerprint density at radius 2 is 2.21 bits per heavy atom. The van der Waals surface area contributed by atoms with E-state index in [9.17, 15) is 4.79 Å². The largest absolute Gasteiger partial charge is 0.478 e. The van der Waals surface area contributed by atoms with E-state index in [-0.39, 0.29) is 11.7 Å². The molecular weight excluding hydrogens is 184 g/mol. The van der Waals surface area contributed by atoms with Crippen molar-refractivity contribution in [1.29, 1.82) is 0 Å². The van der Waals surface area contributed by atoms with Crippen LogP contribution in [0.15, 0.2) is 18.3 Å². The first-order chi connectivity index (χ1) is 6.66. The molecule has 0 aliphatic carbocycles. The van der Waals surface area contributed by atoms with Crippen molar-refractivity contribution in [3.8, 4) is 0 Å². The third-order valence-electron chi connectivity index (χ3n) is 2.18. The predicted octanol–water partition coefficient (Wildman–Crippen LogP) is -0.0393. The van der Waals surface area contributed by atoms with Crippen LogP contribution in [0.3, 0.4) is 0 Å². The van der Waals surface area contributed by atoms with Gasteiger partial charge in [-0.3, -0.25) is 0 Å². The molecule has 0 bridgehead atoms. The lowest BCUT2D eigenvalue weighted by Gasteiger charge is -2.36. The molecule has 1 aliphatic rings. The molecule has 0 spiro atoms. The number of anilines is 1. The van der Waals surface area contributed by atoms with Gasteiger partial charge in [0.1, 0.15) is 5.82 Å². The first-order valence-electron chi connectivity index (χ1n) is 4.29. The molecule has 74 valence electrons. The van der Waals surface area contributed by atoms with E-state index in [0.717, 1.165) is 0 Å². The van der Waals surface area contributed by atoms with Crippen LogP contribution in [0.25, 0.3) is 0 Å². The topological polar surface area (TPSA) is 73.7 Å². The van der Waals surface area contributed by atoms with Gasteiger partial charge in [-0.1, -0.05) is 0 Å². The second kappa shape index (κ2) is 3.26. The van der Waals surface area contributed by atoms with Crippen LogP contribution in [0.5, 0.6) is 0 Å². The monoisotopic (exact) mass is 194 g/mol. The summed E-state index contributed by atoms with van der Waals surface area (Å²) in [5.74, 6) is -0.270. The summed E-state index contributed by atoms with van der Waals surface area (Å²) < 4.78 is 0. The number of nitrogens with zero attached hydrogens (tertiary/aromatic N) is 2. The van der Waals surface area contributed by atoms with Gasteiger partial charge >= 0.3 is 5.97 Å². The van der Waals surface area contributed by atoms with Crippen LogP contribution in [0.1, 0.15) is 10.4 Å². The maximum Gasteiger partial charge on any atom is 0.337 e. The second-order valence-corrected chi connectivity index (χ2v) is 3.27. The summed E-state index contributed by atoms with van der Waals surface area (Å²) in [5, 5.41) is 17.7. The number of pyridine rings is 1. The van der Waals surface area contributed by atoms with Gasteiger partial charge in [-0.15, -0.1) is 0 Å². The molecule has 0 aromatic carbocycles. The quantitative estimate of drug-likeness (QED) is 0.691. The van der Waals surface area contributed by atoms with Gasteiger partial charge in [-0.2, -0.15) is 0 Å². The number of aliphatic hydroxyl groups is 1. The number of carboxylic acids is 1. The van der Waals surface area contributed by atoms with Crippen LogP contribution in [0.4, 0.5) is 5.82 Å². The SMILES string of the molecule is O=C(O)c1ccc(N2CC(O)C2)nc1. The Kier molecular flexibility index (Phi) is 2.09. The van der Waals surface area contributed by atoms with Gasteiger partial charge in [0, 0.05) is 19.3 Å². The highest BCUT2D eigenvalue weighted by Gasteiger charge is 2.25. The van der Waals surface area contributed by atoms with Crippen LogP contribution in [0.2, 0.25) is 0 Å². The van der Waals surface area contributed by atoms with Crippen molar-refractivity contribution >= 4 is 11.8 Å². The summed E-state index contributed by atoms with van der Waals surface area (Å²) in [6, 6.07) is 3.16. The average molecular weight is 194 g/mol. The molecule has 1 aromatic rings. The van der Waals surface area contributed by atoms with Crippen LogP contribution < -0.4 is 4.90 Å². The number of carboxylic acid groups (broad SMARTS) is 1. The molecule has 1 aliphatic heterocycles. The first kappa shape index (κ1) is 8.96. The molecule has 0 saturated carbocycles. The molecule has 0 amide bonds. The number of carbonyl (C=O) groups is 1. The van der Waals surface area contributed by atoms with Crippen molar-refractivity contribution in [3.63, 3.8) is 0 Å². The highest BCUT2D eigenvalue weighted by Crippen LogP contribution is 2.17. The number of aromatic nitrogens is 1. The zero-order valence-corrected chi connectivity index (χ0v) is 7.42. The molecule has 0 radical (unpaired) electrons. The van der Waals surface area contributed by atoms with Crippen LogP contribution in [0, 0.1) is 0 Å². The first-order valence-corrected chi connectivity index (χ1v) is 4.29. The highest BCUT2D eigenvalue weighted by molar-refractivity contribution is 5.87. The van der Waals surface area contributed by atoms with E-state index in [1.807, 2.05) is 4.90 Å². The smallest absolute Gasteiger partial charge is 0.337 e. The van der Waals surface area contributed by atoms with Crippen LogP contribution in [-0.4, -0.2) is 40.4 Å². The van der Waals surface area contributed by atoms with E-state index >= 15 is 0 Å². The highest BCUT2D eigenvalue weighted by atomic mass is 16.4. The fourth-order valence-electron chi connectivity index (χ4n) is 1.34. The Bertz CT molecular complexity index is 344. The maximum absolute atomic E-state index is 10.5. The van der Waals surface area contributed by atoms with E-state index in [1.54, 1.807) is 6.07 Å². The number of hydrogen-bond donors (Lipinski definition) is 2. The normalized spacial score (nSPS) is 16.5. The summed E-state index contributed by atoms with van der Waals surface area (Å²) >= 11 is 0. The third kappa shape index (κ3) is 1.54. The van der Waals surface area contributed by atoms with Crippen molar-refractivity contribution in [3.05, 3.63) is 23.9 Å². The van der Waals surface area contributed by atoms with Crippen molar-refractivity contribution in [2.24, 2.45) is 0 Å². The van der Waals surface area contributed by atoms with Gasteiger partial charge in [0.25, 0.3) is 0 Å². The minimum atomic E-state index is -0.979. The molecule has 1 fully saturated rings. The number of aromatic carboxylic acids is 1. The van der Waals surface area contributed by atoms with Crippen molar-refractivity contribution in [1.82, 2.24) is 4.98 Å². The van der Waals surface area contributed by atoms with E-state index in [0.29, 0.717) is 18.9 Å². The third-order valence-corrected chi connectivity index (χ3v) is 2.18. The molecule has 2 rings (SSSR count). The van der Waals surface area contributed by atoms with E-state index in [2.05, 4.69) is 4.98 Å². The number of aliphatic hydroxyl groups excluding tert-OH is 1. The molecule has 1 aromatic heterocycles. The molecule has 0 atom stereocenters. The fraction of sp³-hybridized carbons (Fsp3) is 0.333. The minimum absolute atomic E-state index is 0.176. The summed E-state index contributed by atoms with van der Waals surface area (Å²) in [6.07, 6.45) is 1.04. The standard InChI is InChI=1S/C9H10N2O3/c12-7-4-11(5-7)8-2-1-6(3-10-8)9(13)14/h1-3,7,12H,4-5H2,(H,13,14). The van der Waals surface area contributed by atoms with E-state index in [1.165, 1.54) is 12.3 Å². The predicted molar refractivity (Wildman–Crippen MR) is 49.4 cm³/mol. The Morgan fingerprint density at radius 1 is 1.50 bits per heavy atom. The molecule has 5 heteroatoms. The lowest BCUT2D eigenvalue weighted by atomic mass is 10.1. The lowest BCUT2D eigenvalue weighted by molar-refractivity contribution is 0.0696. The lowest BCUT2D eigenvalue weighted by Crippen LogP contribution is -2.51. The summed E-state index contributed by atoms with van der Waals surface area (Å²) in [7, 11) is 0. The van der Waals surface area contributed by atoms with Crippen molar-refractivity contribution in [2.45, 2.75) is 6.10 Å². The average Bonchev–Trinajstić information content (AvgIpc) is 2.13. The second-order valence-electron chi connectivity index (χ2n) is 3.27. The Morgan fingerprint density at radius 3 is 2.64 bits per heavy atom. The molecule has 2 N–H and O–H groups in total. The Balaban J connectivity index is 2.10. The Labute approximate surface area is 80.6 Å². The van der Waals surface area contributed by atoms with Gasteiger partial charge < -0.3 is 15.1 Å². The fourth-order valence-corrected chi connectivity index (χ4v) is 1.34. The van der Waals surface area contributed by atoms with E-state index < -0.39 is 5.97 Å². The van der Waals surface area contributed by atoms with Gasteiger partial charge in [0.2, 0.25) is 0 Å². The molecule has 2 heterocycles. The minimum Gasteiger partial charge on any atom is -0.478 e. The number of rotatable bonds is 2. The van der Waals surface area contributed by atoms with Gasteiger partial charge in [0.05, 0.1) is 11.7 Å². The number of hydrogen-bond acceptors (Lipinski definition) is 4. The van der Waals surface area contributed by atoms with Gasteiger partial charge in [0.15, 0.2) is 0 Å². The summed E-state index contributed by atoms with van der Waals surface area (Å²) in [6.45, 7) is 1.14. The van der Waals surface area contributed by atoms with Gasteiger partial charge in [-0.05, 0) is 12.1 Å². The molecule has 14 heavy (non-hydrogen) atoms. The molecule has 5 nitrogen and oxygen atoms in total. The molecule has 1 saturated heterocycles. The molecule has 0 unspecified atom stereocenters. The summed E-state index contributed by atoms with van der Waals surface area (Å²) in [4.78, 5) is 16.4. The molecular formula is C9H10N2O3. The van der Waals surface area contributed by atoms with Gasteiger partial charge in [-0.25, -0.2) is 9.78 Å². The van der Waals surface area contributed by atoms with Crippen LogP contribution >= 0.6 is 0 Å². The van der Waals surface area contributed by atoms with Crippen molar-refractivity contribution in [2.75, 3.05) is 18.0 Å². The van der Waals surface area contributed by atoms with Crippen LogP contribution in [-0.2, 0) is 0 Å². The zero-order chi connectivity index (χ0) is 10.1. The number of β-amino-alcohol motifs (C(OH)–C–C–N with tert-alkyl or cyclic N) is 1. The van der Waals surface area contributed by atoms with E-state index in [4.69, 9.17) is 10.2 Å². The summed E-state index contributed by atoms with van der Waals surface area (Å²) in [5.41, 5.74) is 0.176. The zero-order valence-electron chi connectivity index (χ0n) is 7.42.